The lowest BCUT2D eigenvalue weighted by Gasteiger charge is -2.14. The molecule has 0 aliphatic heterocycles. The Kier molecular flexibility index (Phi) is 5.50. The average Bonchev–Trinajstić information content (AvgIpc) is 2.96. The first kappa shape index (κ1) is 17.1. The molecule has 0 spiro atoms. The lowest BCUT2D eigenvalue weighted by molar-refractivity contribution is -0.117. The van der Waals surface area contributed by atoms with Gasteiger partial charge in [0.05, 0.1) is 24.4 Å². The number of nitrogens with zero attached hydrogens (tertiary/aromatic N) is 3. The lowest BCUT2D eigenvalue weighted by atomic mass is 10.1. The molecular formula is C16H18ClN3O3. The second-order valence-electron chi connectivity index (χ2n) is 5.34. The molecule has 7 heteroatoms. The first-order chi connectivity index (χ1) is 10.9. The number of hydrogen-bond acceptors (Lipinski definition) is 5. The van der Waals surface area contributed by atoms with Crippen molar-refractivity contribution in [2.75, 3.05) is 6.61 Å². The van der Waals surface area contributed by atoms with E-state index < -0.39 is 5.97 Å². The minimum absolute atomic E-state index is 0.0205. The van der Waals surface area contributed by atoms with Gasteiger partial charge in [-0.25, -0.2) is 9.78 Å². The average molecular weight is 336 g/mol. The largest absolute Gasteiger partial charge is 0.462 e. The van der Waals surface area contributed by atoms with Crippen LogP contribution >= 0.6 is 11.6 Å². The number of aromatic nitrogens is 3. The molecule has 0 saturated heterocycles. The number of ether oxygens (including phenoxy) is 1. The number of carbonyl (C=O) groups is 2. The van der Waals surface area contributed by atoms with Gasteiger partial charge in [0.2, 0.25) is 0 Å². The Labute approximate surface area is 139 Å². The van der Waals surface area contributed by atoms with Gasteiger partial charge in [0, 0.05) is 18.8 Å². The van der Waals surface area contributed by atoms with Crippen molar-refractivity contribution in [3.8, 4) is 0 Å². The Bertz CT molecular complexity index is 727. The quantitative estimate of drug-likeness (QED) is 0.599. The number of Topliss-reactive ketones (excluding diaryl/α,β-unsaturated/α-hetero) is 1. The summed E-state index contributed by atoms with van der Waals surface area (Å²) in [6, 6.07) is 1.69. The fraction of sp³-hybridized carbons (Fsp3) is 0.375. The number of rotatable bonds is 6. The third kappa shape index (κ3) is 4.39. The summed E-state index contributed by atoms with van der Waals surface area (Å²) in [5.41, 5.74) is 2.31. The van der Waals surface area contributed by atoms with Crippen LogP contribution in [0.1, 0.15) is 47.8 Å². The fourth-order valence-electron chi connectivity index (χ4n) is 2.14. The van der Waals surface area contributed by atoms with Gasteiger partial charge in [-0.05, 0) is 38.0 Å². The topological polar surface area (TPSA) is 74.1 Å². The van der Waals surface area contributed by atoms with E-state index in [1.165, 1.54) is 13.1 Å². The van der Waals surface area contributed by atoms with E-state index in [4.69, 9.17) is 16.3 Å². The van der Waals surface area contributed by atoms with Gasteiger partial charge in [0.15, 0.2) is 0 Å². The molecule has 0 aliphatic carbocycles. The van der Waals surface area contributed by atoms with E-state index in [9.17, 15) is 9.59 Å². The molecule has 1 unspecified atom stereocenters. The number of esters is 1. The molecule has 2 aromatic heterocycles. The summed E-state index contributed by atoms with van der Waals surface area (Å²) in [4.78, 5) is 26.8. The minimum Gasteiger partial charge on any atom is -0.462 e. The van der Waals surface area contributed by atoms with Crippen molar-refractivity contribution in [2.45, 2.75) is 33.2 Å². The zero-order valence-corrected chi connectivity index (χ0v) is 14.0. The second-order valence-corrected chi connectivity index (χ2v) is 5.72. The van der Waals surface area contributed by atoms with Crippen LogP contribution in [0.15, 0.2) is 24.7 Å². The molecule has 0 fully saturated rings. The Morgan fingerprint density at radius 3 is 2.78 bits per heavy atom. The monoisotopic (exact) mass is 335 g/mol. The molecule has 0 aliphatic rings. The molecule has 0 aromatic carbocycles. The van der Waals surface area contributed by atoms with Gasteiger partial charge < -0.3 is 4.74 Å². The normalized spacial score (nSPS) is 12.0. The van der Waals surface area contributed by atoms with E-state index in [0.29, 0.717) is 10.7 Å². The zero-order valence-electron chi connectivity index (χ0n) is 13.2. The Morgan fingerprint density at radius 1 is 1.39 bits per heavy atom. The van der Waals surface area contributed by atoms with Gasteiger partial charge in [-0.15, -0.1) is 0 Å². The molecule has 6 nitrogen and oxygen atoms in total. The third-order valence-corrected chi connectivity index (χ3v) is 3.70. The van der Waals surface area contributed by atoms with Crippen LogP contribution in [0.3, 0.4) is 0 Å². The number of hydrogen-bond donors (Lipinski definition) is 0. The molecule has 2 heterocycles. The molecule has 122 valence electrons. The van der Waals surface area contributed by atoms with E-state index in [2.05, 4.69) is 10.1 Å². The van der Waals surface area contributed by atoms with Crippen molar-refractivity contribution in [1.29, 1.82) is 0 Å². The number of ketones is 1. The maximum absolute atomic E-state index is 11.9. The van der Waals surface area contributed by atoms with Crippen LogP contribution in [-0.2, 0) is 9.53 Å². The highest BCUT2D eigenvalue weighted by atomic mass is 35.5. The molecule has 0 saturated carbocycles. The molecule has 1 atom stereocenters. The summed E-state index contributed by atoms with van der Waals surface area (Å²) in [5.74, 6) is -0.511. The zero-order chi connectivity index (χ0) is 17.0. The first-order valence-corrected chi connectivity index (χ1v) is 7.59. The van der Waals surface area contributed by atoms with Crippen molar-refractivity contribution in [3.05, 3.63) is 46.5 Å². The van der Waals surface area contributed by atoms with Gasteiger partial charge in [-0.2, -0.15) is 5.10 Å². The second kappa shape index (κ2) is 7.37. The van der Waals surface area contributed by atoms with Gasteiger partial charge in [0.25, 0.3) is 0 Å². The van der Waals surface area contributed by atoms with E-state index >= 15 is 0 Å². The molecule has 2 rings (SSSR count). The van der Waals surface area contributed by atoms with Gasteiger partial charge in [0.1, 0.15) is 10.9 Å². The Morgan fingerprint density at radius 2 is 2.13 bits per heavy atom. The highest BCUT2D eigenvalue weighted by Gasteiger charge is 2.16. The van der Waals surface area contributed by atoms with E-state index in [-0.39, 0.29) is 24.9 Å². The predicted octanol–water partition coefficient (Wildman–Crippen LogP) is 2.99. The maximum atomic E-state index is 11.9. The summed E-state index contributed by atoms with van der Waals surface area (Å²) in [6.45, 7) is 5.43. The molecule has 2 aromatic rings. The van der Waals surface area contributed by atoms with Crippen LogP contribution in [0, 0.1) is 6.92 Å². The molecule has 0 radical (unpaired) electrons. The number of pyridine rings is 1. The Balaban J connectivity index is 2.08. The van der Waals surface area contributed by atoms with Crippen LogP contribution in [0.25, 0.3) is 0 Å². The summed E-state index contributed by atoms with van der Waals surface area (Å²) < 4.78 is 6.70. The standard InChI is InChI=1S/C16H18ClN3O3/c1-10-6-15(17)18-8-14(10)12(3)20-9-13(7-19-20)16(22)23-5-4-11(2)21/h6-9,12H,4-5H2,1-3H3. The van der Waals surface area contributed by atoms with Crippen molar-refractivity contribution in [3.63, 3.8) is 0 Å². The first-order valence-electron chi connectivity index (χ1n) is 7.21. The van der Waals surface area contributed by atoms with Gasteiger partial charge in [-0.1, -0.05) is 11.6 Å². The highest BCUT2D eigenvalue weighted by Crippen LogP contribution is 2.22. The van der Waals surface area contributed by atoms with Crippen LogP contribution < -0.4 is 0 Å². The van der Waals surface area contributed by atoms with Crippen LogP contribution in [-0.4, -0.2) is 33.1 Å². The van der Waals surface area contributed by atoms with E-state index in [0.717, 1.165) is 11.1 Å². The van der Waals surface area contributed by atoms with Crippen LogP contribution in [0.5, 0.6) is 0 Å². The van der Waals surface area contributed by atoms with Crippen molar-refractivity contribution in [2.24, 2.45) is 0 Å². The number of halogens is 1. The molecule has 23 heavy (non-hydrogen) atoms. The number of aryl methyl sites for hydroxylation is 1. The molecule has 0 bridgehead atoms. The van der Waals surface area contributed by atoms with Crippen molar-refractivity contribution < 1.29 is 14.3 Å². The summed E-state index contributed by atoms with van der Waals surface area (Å²) >= 11 is 5.87. The van der Waals surface area contributed by atoms with Crippen LogP contribution in [0.2, 0.25) is 5.15 Å². The van der Waals surface area contributed by atoms with Crippen molar-refractivity contribution in [1.82, 2.24) is 14.8 Å². The maximum Gasteiger partial charge on any atom is 0.341 e. The Hall–Kier alpha value is -2.21. The molecular weight excluding hydrogens is 318 g/mol. The van der Waals surface area contributed by atoms with E-state index in [1.807, 2.05) is 13.8 Å². The molecule has 0 N–H and O–H groups in total. The SMILES string of the molecule is CC(=O)CCOC(=O)c1cnn(C(C)c2cnc(Cl)cc2C)c1. The lowest BCUT2D eigenvalue weighted by Crippen LogP contribution is -2.10. The smallest absolute Gasteiger partial charge is 0.341 e. The van der Waals surface area contributed by atoms with E-state index in [1.54, 1.807) is 23.1 Å². The summed E-state index contributed by atoms with van der Waals surface area (Å²) in [7, 11) is 0. The van der Waals surface area contributed by atoms with Crippen molar-refractivity contribution >= 4 is 23.4 Å². The summed E-state index contributed by atoms with van der Waals surface area (Å²) in [5, 5.41) is 4.65. The predicted molar refractivity (Wildman–Crippen MR) is 85.6 cm³/mol. The molecule has 0 amide bonds. The minimum atomic E-state index is -0.490. The van der Waals surface area contributed by atoms with Gasteiger partial charge >= 0.3 is 5.97 Å². The fourth-order valence-corrected chi connectivity index (χ4v) is 2.35. The van der Waals surface area contributed by atoms with Crippen LogP contribution in [0.4, 0.5) is 0 Å². The van der Waals surface area contributed by atoms with Gasteiger partial charge in [-0.3, -0.25) is 9.48 Å². The number of carbonyl (C=O) groups excluding carboxylic acids is 2. The third-order valence-electron chi connectivity index (χ3n) is 3.49. The highest BCUT2D eigenvalue weighted by molar-refractivity contribution is 6.29. The summed E-state index contributed by atoms with van der Waals surface area (Å²) in [6.07, 6.45) is 4.99.